The Morgan fingerprint density at radius 2 is 2.00 bits per heavy atom. The van der Waals surface area contributed by atoms with Crippen molar-refractivity contribution in [2.75, 3.05) is 19.7 Å². The lowest BCUT2D eigenvalue weighted by molar-refractivity contribution is 0.0718. The van der Waals surface area contributed by atoms with Crippen LogP contribution in [-0.4, -0.2) is 30.7 Å². The second kappa shape index (κ2) is 5.95. The lowest BCUT2D eigenvalue weighted by Gasteiger charge is -2.38. The number of carbonyl (C=O) groups is 1. The molecular formula is C14H23NO2. The molecule has 0 aromatic carbocycles. The third-order valence-electron chi connectivity index (χ3n) is 3.45. The predicted molar refractivity (Wildman–Crippen MR) is 68.6 cm³/mol. The van der Waals surface area contributed by atoms with Gasteiger partial charge in [-0.05, 0) is 24.2 Å². The van der Waals surface area contributed by atoms with Crippen molar-refractivity contribution in [2.45, 2.75) is 40.0 Å². The fraction of sp³-hybridized carbons (Fsp3) is 0.786. The summed E-state index contributed by atoms with van der Waals surface area (Å²) >= 11 is 0. The number of carbonyl (C=O) groups excluding carboxylic acids is 1. The lowest BCUT2D eigenvalue weighted by Crippen LogP contribution is -2.41. The average Bonchev–Trinajstić information content (AvgIpc) is 2.28. The summed E-state index contributed by atoms with van der Waals surface area (Å²) in [6, 6.07) is 0. The summed E-state index contributed by atoms with van der Waals surface area (Å²) in [5.41, 5.74) is 0.333. The van der Waals surface area contributed by atoms with E-state index in [-0.39, 0.29) is 6.09 Å². The minimum Gasteiger partial charge on any atom is -0.448 e. The maximum Gasteiger partial charge on any atom is 0.409 e. The van der Waals surface area contributed by atoms with Crippen LogP contribution in [0.15, 0.2) is 0 Å². The first-order valence-corrected chi connectivity index (χ1v) is 6.30. The molecule has 1 heterocycles. The molecule has 3 nitrogen and oxygen atoms in total. The summed E-state index contributed by atoms with van der Waals surface area (Å²) in [5.74, 6) is 3.15. The van der Waals surface area contributed by atoms with Crippen LogP contribution in [0.3, 0.4) is 0 Å². The number of terminal acetylenes is 1. The van der Waals surface area contributed by atoms with E-state index in [0.29, 0.717) is 24.4 Å². The first-order valence-electron chi connectivity index (χ1n) is 6.30. The summed E-state index contributed by atoms with van der Waals surface area (Å²) in [5, 5.41) is 0. The zero-order valence-electron chi connectivity index (χ0n) is 11.2. The number of hydrogen-bond acceptors (Lipinski definition) is 2. The van der Waals surface area contributed by atoms with Crippen molar-refractivity contribution in [1.82, 2.24) is 4.90 Å². The molecule has 0 spiro atoms. The maximum absolute atomic E-state index is 11.7. The third kappa shape index (κ3) is 4.30. The van der Waals surface area contributed by atoms with E-state index in [9.17, 15) is 4.79 Å². The van der Waals surface area contributed by atoms with E-state index >= 15 is 0 Å². The third-order valence-corrected chi connectivity index (χ3v) is 3.45. The SMILES string of the molecule is C#CCCOC(=O)N1CCC(C(C)(C)C)CC1. The van der Waals surface area contributed by atoms with Crippen molar-refractivity contribution in [1.29, 1.82) is 0 Å². The van der Waals surface area contributed by atoms with Gasteiger partial charge in [-0.3, -0.25) is 0 Å². The highest BCUT2D eigenvalue weighted by molar-refractivity contribution is 5.67. The van der Waals surface area contributed by atoms with Crippen LogP contribution in [0.1, 0.15) is 40.0 Å². The summed E-state index contributed by atoms with van der Waals surface area (Å²) in [4.78, 5) is 13.5. The number of likely N-dealkylation sites (tertiary alicyclic amines) is 1. The smallest absolute Gasteiger partial charge is 0.409 e. The van der Waals surface area contributed by atoms with Crippen LogP contribution in [0.4, 0.5) is 4.79 Å². The molecule has 1 amide bonds. The van der Waals surface area contributed by atoms with E-state index in [2.05, 4.69) is 26.7 Å². The van der Waals surface area contributed by atoms with Crippen molar-refractivity contribution in [3.63, 3.8) is 0 Å². The summed E-state index contributed by atoms with van der Waals surface area (Å²) in [7, 11) is 0. The molecule has 0 saturated carbocycles. The molecule has 1 fully saturated rings. The Bertz CT molecular complexity index is 290. The Labute approximate surface area is 105 Å². The van der Waals surface area contributed by atoms with Gasteiger partial charge in [-0.25, -0.2) is 4.79 Å². The van der Waals surface area contributed by atoms with Gasteiger partial charge in [0.1, 0.15) is 6.61 Å². The molecule has 0 atom stereocenters. The number of amides is 1. The molecule has 1 aliphatic heterocycles. The molecule has 3 heteroatoms. The molecule has 96 valence electrons. The van der Waals surface area contributed by atoms with Gasteiger partial charge in [0.2, 0.25) is 0 Å². The van der Waals surface area contributed by atoms with Gasteiger partial charge in [0, 0.05) is 19.5 Å². The van der Waals surface area contributed by atoms with Gasteiger partial charge in [0.05, 0.1) is 0 Å². The first kappa shape index (κ1) is 13.9. The van der Waals surface area contributed by atoms with Crippen LogP contribution in [0, 0.1) is 23.7 Å². The van der Waals surface area contributed by atoms with Gasteiger partial charge in [-0.15, -0.1) is 12.3 Å². The van der Waals surface area contributed by atoms with Gasteiger partial charge >= 0.3 is 6.09 Å². The zero-order chi connectivity index (χ0) is 12.9. The Balaban J connectivity index is 2.32. The van der Waals surface area contributed by atoms with Crippen molar-refractivity contribution in [3.8, 4) is 12.3 Å². The van der Waals surface area contributed by atoms with Gasteiger partial charge < -0.3 is 9.64 Å². The Hall–Kier alpha value is -1.17. The molecule has 1 rings (SSSR count). The Morgan fingerprint density at radius 1 is 1.41 bits per heavy atom. The van der Waals surface area contributed by atoms with Crippen molar-refractivity contribution < 1.29 is 9.53 Å². The number of ether oxygens (including phenoxy) is 1. The standard InChI is InChI=1S/C14H23NO2/c1-5-6-11-17-13(16)15-9-7-12(8-10-15)14(2,3)4/h1,12H,6-11H2,2-4H3. The molecule has 0 unspecified atom stereocenters. The molecule has 0 aliphatic carbocycles. The van der Waals surface area contributed by atoms with E-state index < -0.39 is 0 Å². The van der Waals surface area contributed by atoms with Gasteiger partial charge in [0.15, 0.2) is 0 Å². The second-order valence-electron chi connectivity index (χ2n) is 5.70. The minimum absolute atomic E-state index is 0.215. The molecular weight excluding hydrogens is 214 g/mol. The van der Waals surface area contributed by atoms with E-state index in [0.717, 1.165) is 25.9 Å². The number of nitrogens with zero attached hydrogens (tertiary/aromatic N) is 1. The van der Waals surface area contributed by atoms with Crippen LogP contribution in [0.2, 0.25) is 0 Å². The molecule has 0 bridgehead atoms. The molecule has 1 saturated heterocycles. The maximum atomic E-state index is 11.7. The molecule has 17 heavy (non-hydrogen) atoms. The first-order chi connectivity index (χ1) is 7.95. The molecule has 0 N–H and O–H groups in total. The van der Waals surface area contributed by atoms with Crippen LogP contribution in [-0.2, 0) is 4.74 Å². The topological polar surface area (TPSA) is 29.5 Å². The molecule has 0 radical (unpaired) electrons. The summed E-state index contributed by atoms with van der Waals surface area (Å²) in [6.07, 6.45) is 7.51. The number of piperidine rings is 1. The highest BCUT2D eigenvalue weighted by Crippen LogP contribution is 2.34. The largest absolute Gasteiger partial charge is 0.448 e. The lowest BCUT2D eigenvalue weighted by atomic mass is 9.75. The van der Waals surface area contributed by atoms with E-state index in [1.807, 2.05) is 0 Å². The van der Waals surface area contributed by atoms with Crippen LogP contribution in [0.25, 0.3) is 0 Å². The van der Waals surface area contributed by atoms with Gasteiger partial charge in [-0.1, -0.05) is 20.8 Å². The van der Waals surface area contributed by atoms with Crippen molar-refractivity contribution >= 4 is 6.09 Å². The number of hydrogen-bond donors (Lipinski definition) is 0. The van der Waals surface area contributed by atoms with Gasteiger partial charge in [-0.2, -0.15) is 0 Å². The minimum atomic E-state index is -0.215. The average molecular weight is 237 g/mol. The monoisotopic (exact) mass is 237 g/mol. The summed E-state index contributed by atoms with van der Waals surface area (Å²) in [6.45, 7) is 8.72. The van der Waals surface area contributed by atoms with E-state index in [1.54, 1.807) is 4.90 Å². The van der Waals surface area contributed by atoms with E-state index in [4.69, 9.17) is 11.2 Å². The molecule has 0 aromatic rings. The Kier molecular flexibility index (Phi) is 4.86. The number of rotatable bonds is 2. The zero-order valence-corrected chi connectivity index (χ0v) is 11.2. The normalized spacial score (nSPS) is 17.6. The fourth-order valence-electron chi connectivity index (χ4n) is 2.22. The Morgan fingerprint density at radius 3 is 2.47 bits per heavy atom. The van der Waals surface area contributed by atoms with E-state index in [1.165, 1.54) is 0 Å². The van der Waals surface area contributed by atoms with Crippen LogP contribution >= 0.6 is 0 Å². The van der Waals surface area contributed by atoms with Crippen molar-refractivity contribution in [3.05, 3.63) is 0 Å². The van der Waals surface area contributed by atoms with Crippen LogP contribution < -0.4 is 0 Å². The quantitative estimate of drug-likeness (QED) is 0.546. The predicted octanol–water partition coefficient (Wildman–Crippen LogP) is 2.90. The fourth-order valence-corrected chi connectivity index (χ4v) is 2.22. The molecule has 0 aromatic heterocycles. The highest BCUT2D eigenvalue weighted by atomic mass is 16.6. The van der Waals surface area contributed by atoms with Crippen LogP contribution in [0.5, 0.6) is 0 Å². The highest BCUT2D eigenvalue weighted by Gasteiger charge is 2.30. The van der Waals surface area contributed by atoms with Crippen molar-refractivity contribution in [2.24, 2.45) is 11.3 Å². The second-order valence-corrected chi connectivity index (χ2v) is 5.70. The van der Waals surface area contributed by atoms with Gasteiger partial charge in [0.25, 0.3) is 0 Å². The molecule has 1 aliphatic rings. The summed E-state index contributed by atoms with van der Waals surface area (Å²) < 4.78 is 5.09.